The summed E-state index contributed by atoms with van der Waals surface area (Å²) in [6, 6.07) is 0. The minimum atomic E-state index is 0.163. The van der Waals surface area contributed by atoms with Gasteiger partial charge in [0.1, 0.15) is 0 Å². The van der Waals surface area contributed by atoms with Gasteiger partial charge < -0.3 is 5.32 Å². The van der Waals surface area contributed by atoms with Crippen LogP contribution in [0.4, 0.5) is 0 Å². The zero-order chi connectivity index (χ0) is 11.8. The first-order valence-electron chi connectivity index (χ1n) is 6.01. The Kier molecular flexibility index (Phi) is 31.2. The number of amides is 1. The fourth-order valence-corrected chi connectivity index (χ4v) is 0.837. The molecule has 0 aliphatic carbocycles. The average molecular weight is 203 g/mol. The number of hydrogen-bond donors (Lipinski definition) is 1. The first kappa shape index (κ1) is 19.1. The van der Waals surface area contributed by atoms with Crippen LogP contribution < -0.4 is 5.32 Å². The Morgan fingerprint density at radius 1 is 1.00 bits per heavy atom. The van der Waals surface area contributed by atoms with Crippen molar-refractivity contribution in [3.05, 3.63) is 0 Å². The van der Waals surface area contributed by atoms with Crippen LogP contribution in [0.1, 0.15) is 66.7 Å². The number of carbonyl (C=O) groups excluding carboxylic acids is 1. The summed E-state index contributed by atoms with van der Waals surface area (Å²) in [4.78, 5) is 10.7. The van der Waals surface area contributed by atoms with Crippen LogP contribution in [-0.4, -0.2) is 13.0 Å². The van der Waals surface area contributed by atoms with Crippen molar-refractivity contribution in [2.45, 2.75) is 66.7 Å². The molecule has 88 valence electrons. The molecule has 2 nitrogen and oxygen atoms in total. The van der Waals surface area contributed by atoms with Crippen LogP contribution in [-0.2, 0) is 4.79 Å². The number of rotatable bonds is 5. The Morgan fingerprint density at radius 3 is 1.86 bits per heavy atom. The highest BCUT2D eigenvalue weighted by Gasteiger charge is 1.95. The molecule has 0 aliphatic heterocycles. The number of carbonyl (C=O) groups is 1. The van der Waals surface area contributed by atoms with Crippen LogP contribution in [0, 0.1) is 0 Å². The van der Waals surface area contributed by atoms with E-state index in [0.717, 1.165) is 6.42 Å². The van der Waals surface area contributed by atoms with Gasteiger partial charge in [-0.25, -0.2) is 0 Å². The standard InChI is InChI=1S/C8H17NO.2C2H6/c1-3-4-5-6-7-8(10)9-2;2*1-2/h3-7H2,1-2H3,(H,9,10);2*1-2H3. The first-order chi connectivity index (χ1) is 6.81. The molecule has 0 unspecified atom stereocenters. The van der Waals surface area contributed by atoms with Crippen LogP contribution in [0.25, 0.3) is 0 Å². The van der Waals surface area contributed by atoms with Crippen molar-refractivity contribution < 1.29 is 4.79 Å². The number of nitrogens with one attached hydrogen (secondary N) is 1. The Morgan fingerprint density at radius 2 is 1.50 bits per heavy atom. The summed E-state index contributed by atoms with van der Waals surface area (Å²) in [5.74, 6) is 0.163. The van der Waals surface area contributed by atoms with Gasteiger partial charge in [-0.2, -0.15) is 0 Å². The van der Waals surface area contributed by atoms with Crippen LogP contribution >= 0.6 is 0 Å². The molecule has 2 heteroatoms. The molecule has 0 aromatic heterocycles. The third kappa shape index (κ3) is 22.5. The molecule has 0 bridgehead atoms. The lowest BCUT2D eigenvalue weighted by molar-refractivity contribution is -0.120. The molecule has 0 saturated heterocycles. The third-order valence-corrected chi connectivity index (χ3v) is 1.54. The molecule has 0 radical (unpaired) electrons. The minimum absolute atomic E-state index is 0.163. The summed E-state index contributed by atoms with van der Waals surface area (Å²) in [7, 11) is 1.68. The quantitative estimate of drug-likeness (QED) is 0.677. The van der Waals surface area contributed by atoms with Gasteiger partial charge in [-0.15, -0.1) is 0 Å². The van der Waals surface area contributed by atoms with Crippen LogP contribution in [0.5, 0.6) is 0 Å². The Hall–Kier alpha value is -0.530. The number of unbranched alkanes of at least 4 members (excludes halogenated alkanes) is 3. The summed E-state index contributed by atoms with van der Waals surface area (Å²) in [6.45, 7) is 10.2. The zero-order valence-electron chi connectivity index (χ0n) is 10.9. The topological polar surface area (TPSA) is 29.1 Å². The molecule has 0 aromatic carbocycles. The maximum absolute atomic E-state index is 10.7. The monoisotopic (exact) mass is 203 g/mol. The lowest BCUT2D eigenvalue weighted by Crippen LogP contribution is -2.16. The normalized spacial score (nSPS) is 7.57. The second-order valence-corrected chi connectivity index (χ2v) is 2.48. The second-order valence-electron chi connectivity index (χ2n) is 2.48. The first-order valence-corrected chi connectivity index (χ1v) is 6.01. The molecule has 0 atom stereocenters. The number of hydrogen-bond acceptors (Lipinski definition) is 1. The van der Waals surface area contributed by atoms with E-state index in [1.165, 1.54) is 19.3 Å². The van der Waals surface area contributed by atoms with Crippen LogP contribution in [0.3, 0.4) is 0 Å². The lowest BCUT2D eigenvalue weighted by Gasteiger charge is -1.97. The maximum atomic E-state index is 10.7. The van der Waals surface area contributed by atoms with E-state index in [1.54, 1.807) is 7.05 Å². The summed E-state index contributed by atoms with van der Waals surface area (Å²) in [5, 5.41) is 2.60. The Labute approximate surface area is 90.5 Å². The summed E-state index contributed by atoms with van der Waals surface area (Å²) in [5.41, 5.74) is 0. The van der Waals surface area contributed by atoms with E-state index in [-0.39, 0.29) is 5.91 Å². The van der Waals surface area contributed by atoms with Crippen molar-refractivity contribution in [1.82, 2.24) is 5.32 Å². The van der Waals surface area contributed by atoms with Gasteiger partial charge in [0, 0.05) is 13.5 Å². The van der Waals surface area contributed by atoms with Gasteiger partial charge in [0.2, 0.25) is 5.91 Å². The average Bonchev–Trinajstić information content (AvgIpc) is 2.29. The Balaban J connectivity index is -0.000000266. The van der Waals surface area contributed by atoms with Crippen molar-refractivity contribution in [2.24, 2.45) is 0 Å². The second kappa shape index (κ2) is 22.9. The highest BCUT2D eigenvalue weighted by atomic mass is 16.1. The molecule has 0 heterocycles. The van der Waals surface area contributed by atoms with Crippen molar-refractivity contribution in [1.29, 1.82) is 0 Å². The van der Waals surface area contributed by atoms with Crippen molar-refractivity contribution >= 4 is 5.91 Å². The van der Waals surface area contributed by atoms with Gasteiger partial charge in [-0.1, -0.05) is 53.9 Å². The molecule has 1 N–H and O–H groups in total. The van der Waals surface area contributed by atoms with Gasteiger partial charge in [-0.05, 0) is 6.42 Å². The van der Waals surface area contributed by atoms with E-state index in [1.807, 2.05) is 27.7 Å². The highest BCUT2D eigenvalue weighted by molar-refractivity contribution is 5.75. The fourth-order valence-electron chi connectivity index (χ4n) is 0.837. The van der Waals surface area contributed by atoms with Gasteiger partial charge in [0.15, 0.2) is 0 Å². The smallest absolute Gasteiger partial charge is 0.219 e. The molecule has 0 aliphatic rings. The minimum Gasteiger partial charge on any atom is -0.359 e. The van der Waals surface area contributed by atoms with Crippen molar-refractivity contribution in [3.63, 3.8) is 0 Å². The molecule has 1 amide bonds. The SMILES string of the molecule is CC.CC.CCCCCCC(=O)NC. The summed E-state index contributed by atoms with van der Waals surface area (Å²) in [6.07, 6.45) is 5.39. The molecule has 0 aromatic rings. The highest BCUT2D eigenvalue weighted by Crippen LogP contribution is 2.01. The van der Waals surface area contributed by atoms with Gasteiger partial charge >= 0.3 is 0 Å². The van der Waals surface area contributed by atoms with E-state index in [4.69, 9.17) is 0 Å². The van der Waals surface area contributed by atoms with E-state index < -0.39 is 0 Å². The van der Waals surface area contributed by atoms with Crippen molar-refractivity contribution in [3.8, 4) is 0 Å². The Bertz CT molecular complexity index is 92.3. The third-order valence-electron chi connectivity index (χ3n) is 1.54. The van der Waals surface area contributed by atoms with Gasteiger partial charge in [-0.3, -0.25) is 4.79 Å². The predicted octanol–water partition coefficient (Wildman–Crippen LogP) is 3.76. The molecule has 0 spiro atoms. The summed E-state index contributed by atoms with van der Waals surface area (Å²) < 4.78 is 0. The lowest BCUT2D eigenvalue weighted by atomic mass is 10.1. The van der Waals surface area contributed by atoms with E-state index in [2.05, 4.69) is 12.2 Å². The van der Waals surface area contributed by atoms with E-state index >= 15 is 0 Å². The maximum Gasteiger partial charge on any atom is 0.219 e. The van der Waals surface area contributed by atoms with Crippen LogP contribution in [0.2, 0.25) is 0 Å². The zero-order valence-corrected chi connectivity index (χ0v) is 10.9. The molecule has 0 fully saturated rings. The van der Waals surface area contributed by atoms with E-state index in [9.17, 15) is 4.79 Å². The van der Waals surface area contributed by atoms with Gasteiger partial charge in [0.25, 0.3) is 0 Å². The molecule has 14 heavy (non-hydrogen) atoms. The van der Waals surface area contributed by atoms with Crippen LogP contribution in [0.15, 0.2) is 0 Å². The largest absolute Gasteiger partial charge is 0.359 e. The molecule has 0 rings (SSSR count). The predicted molar refractivity (Wildman–Crippen MR) is 65.5 cm³/mol. The molecular weight excluding hydrogens is 174 g/mol. The van der Waals surface area contributed by atoms with E-state index in [0.29, 0.717) is 6.42 Å². The molecular formula is C12H29NO. The van der Waals surface area contributed by atoms with Gasteiger partial charge in [0.05, 0.1) is 0 Å². The van der Waals surface area contributed by atoms with Crippen molar-refractivity contribution in [2.75, 3.05) is 7.05 Å². The summed E-state index contributed by atoms with van der Waals surface area (Å²) >= 11 is 0. The fraction of sp³-hybridized carbons (Fsp3) is 0.917. The molecule has 0 saturated carbocycles.